The minimum Gasteiger partial charge on any atom is -0.338 e. The zero-order valence-electron chi connectivity index (χ0n) is 10.0. The zero-order chi connectivity index (χ0) is 12.4. The first-order valence-electron chi connectivity index (χ1n) is 5.55. The highest BCUT2D eigenvalue weighted by atomic mass is 35.5. The van der Waals surface area contributed by atoms with E-state index in [1.807, 2.05) is 42.9 Å². The Bertz CT molecular complexity index is 519. The van der Waals surface area contributed by atoms with Crippen LogP contribution in [-0.4, -0.2) is 9.55 Å². The van der Waals surface area contributed by atoms with Crippen molar-refractivity contribution in [2.45, 2.75) is 19.4 Å². The molecule has 1 aromatic heterocycles. The Labute approximate surface area is 106 Å². The molecule has 1 unspecified atom stereocenters. The lowest BCUT2D eigenvalue weighted by Crippen LogP contribution is -2.16. The number of halogens is 1. The molecule has 1 heterocycles. The van der Waals surface area contributed by atoms with E-state index in [2.05, 4.69) is 4.98 Å². The standard InChI is InChI=1S/C13H16ClN3/c1-9-3-4-10(11(14)7-9)12(15)8-13-16-5-6-17(13)2/h3-7,12H,8,15H2,1-2H3. The normalized spacial score (nSPS) is 12.7. The van der Waals surface area contributed by atoms with Crippen molar-refractivity contribution in [2.75, 3.05) is 0 Å². The van der Waals surface area contributed by atoms with Crippen molar-refractivity contribution in [1.29, 1.82) is 0 Å². The quantitative estimate of drug-likeness (QED) is 0.909. The molecule has 3 nitrogen and oxygen atoms in total. The average molecular weight is 250 g/mol. The van der Waals surface area contributed by atoms with Gasteiger partial charge in [0.2, 0.25) is 0 Å². The molecule has 0 fully saturated rings. The summed E-state index contributed by atoms with van der Waals surface area (Å²) in [4.78, 5) is 4.27. The third kappa shape index (κ3) is 2.68. The molecule has 0 bridgehead atoms. The number of imidazole rings is 1. The van der Waals surface area contributed by atoms with Gasteiger partial charge in [-0.3, -0.25) is 0 Å². The summed E-state index contributed by atoms with van der Waals surface area (Å²) in [7, 11) is 1.96. The van der Waals surface area contributed by atoms with Gasteiger partial charge in [0.15, 0.2) is 0 Å². The predicted molar refractivity (Wildman–Crippen MR) is 70.0 cm³/mol. The maximum Gasteiger partial charge on any atom is 0.110 e. The maximum atomic E-state index is 6.20. The molecular formula is C13H16ClN3. The Morgan fingerprint density at radius 2 is 2.24 bits per heavy atom. The zero-order valence-corrected chi connectivity index (χ0v) is 10.8. The maximum absolute atomic E-state index is 6.20. The highest BCUT2D eigenvalue weighted by Crippen LogP contribution is 2.24. The monoisotopic (exact) mass is 249 g/mol. The van der Waals surface area contributed by atoms with Crippen LogP contribution >= 0.6 is 11.6 Å². The molecule has 2 aromatic rings. The Morgan fingerprint density at radius 3 is 2.82 bits per heavy atom. The Hall–Kier alpha value is -1.32. The molecule has 17 heavy (non-hydrogen) atoms. The number of aromatic nitrogens is 2. The molecule has 0 aliphatic heterocycles. The fourth-order valence-electron chi connectivity index (χ4n) is 1.83. The molecule has 1 aromatic carbocycles. The lowest BCUT2D eigenvalue weighted by atomic mass is 10.0. The van der Waals surface area contributed by atoms with Gasteiger partial charge in [0.25, 0.3) is 0 Å². The molecule has 0 aliphatic carbocycles. The highest BCUT2D eigenvalue weighted by Gasteiger charge is 2.13. The SMILES string of the molecule is Cc1ccc(C(N)Cc2nccn2C)c(Cl)c1. The van der Waals surface area contributed by atoms with Gasteiger partial charge in [-0.1, -0.05) is 23.7 Å². The third-order valence-corrected chi connectivity index (χ3v) is 3.21. The predicted octanol–water partition coefficient (Wildman–Crippen LogP) is 2.62. The highest BCUT2D eigenvalue weighted by molar-refractivity contribution is 6.31. The molecule has 0 amide bonds. The van der Waals surface area contributed by atoms with E-state index in [0.717, 1.165) is 22.0 Å². The summed E-state index contributed by atoms with van der Waals surface area (Å²) >= 11 is 6.20. The lowest BCUT2D eigenvalue weighted by Gasteiger charge is -2.14. The summed E-state index contributed by atoms with van der Waals surface area (Å²) in [6.07, 6.45) is 4.38. The largest absolute Gasteiger partial charge is 0.338 e. The van der Waals surface area contributed by atoms with Crippen molar-refractivity contribution < 1.29 is 0 Å². The van der Waals surface area contributed by atoms with Crippen LogP contribution in [0.4, 0.5) is 0 Å². The van der Waals surface area contributed by atoms with E-state index in [1.165, 1.54) is 0 Å². The fourth-order valence-corrected chi connectivity index (χ4v) is 2.21. The summed E-state index contributed by atoms with van der Waals surface area (Å²) in [5.41, 5.74) is 8.28. The molecule has 2 N–H and O–H groups in total. The van der Waals surface area contributed by atoms with E-state index in [-0.39, 0.29) is 6.04 Å². The number of nitrogens with zero attached hydrogens (tertiary/aromatic N) is 2. The van der Waals surface area contributed by atoms with Crippen LogP contribution in [-0.2, 0) is 13.5 Å². The minimum atomic E-state index is -0.121. The third-order valence-electron chi connectivity index (χ3n) is 2.88. The van der Waals surface area contributed by atoms with E-state index < -0.39 is 0 Å². The van der Waals surface area contributed by atoms with Gasteiger partial charge >= 0.3 is 0 Å². The van der Waals surface area contributed by atoms with Crippen molar-refractivity contribution in [3.05, 3.63) is 52.6 Å². The van der Waals surface area contributed by atoms with Gasteiger partial charge in [0.05, 0.1) is 0 Å². The Balaban J connectivity index is 2.20. The van der Waals surface area contributed by atoms with Crippen LogP contribution in [0.5, 0.6) is 0 Å². The summed E-state index contributed by atoms with van der Waals surface area (Å²) in [6.45, 7) is 2.01. The van der Waals surface area contributed by atoms with Crippen LogP contribution < -0.4 is 5.73 Å². The van der Waals surface area contributed by atoms with Gasteiger partial charge in [0.1, 0.15) is 5.82 Å². The molecule has 0 saturated carbocycles. The summed E-state index contributed by atoms with van der Waals surface area (Å²) in [6, 6.07) is 5.84. The smallest absolute Gasteiger partial charge is 0.110 e. The van der Waals surface area contributed by atoms with E-state index in [0.29, 0.717) is 6.42 Å². The lowest BCUT2D eigenvalue weighted by molar-refractivity contribution is 0.659. The second-order valence-electron chi connectivity index (χ2n) is 4.29. The van der Waals surface area contributed by atoms with Crippen LogP contribution in [0.2, 0.25) is 5.02 Å². The summed E-state index contributed by atoms with van der Waals surface area (Å²) in [5.74, 6) is 0.967. The van der Waals surface area contributed by atoms with Crippen molar-refractivity contribution in [3.8, 4) is 0 Å². The number of hydrogen-bond acceptors (Lipinski definition) is 2. The Morgan fingerprint density at radius 1 is 1.47 bits per heavy atom. The second kappa shape index (κ2) is 4.90. The molecular weight excluding hydrogens is 234 g/mol. The van der Waals surface area contributed by atoms with E-state index in [1.54, 1.807) is 6.20 Å². The van der Waals surface area contributed by atoms with Crippen molar-refractivity contribution >= 4 is 11.6 Å². The molecule has 90 valence electrons. The first kappa shape index (κ1) is 12.1. The van der Waals surface area contributed by atoms with Gasteiger partial charge in [0, 0.05) is 36.9 Å². The Kier molecular flexibility index (Phi) is 3.50. The fraction of sp³-hybridized carbons (Fsp3) is 0.308. The van der Waals surface area contributed by atoms with Crippen LogP contribution in [0.3, 0.4) is 0 Å². The molecule has 0 aliphatic rings. The molecule has 1 atom stereocenters. The van der Waals surface area contributed by atoms with E-state index in [9.17, 15) is 0 Å². The van der Waals surface area contributed by atoms with Crippen LogP contribution in [0, 0.1) is 6.92 Å². The van der Waals surface area contributed by atoms with Gasteiger partial charge < -0.3 is 10.3 Å². The first-order valence-corrected chi connectivity index (χ1v) is 5.93. The van der Waals surface area contributed by atoms with Crippen molar-refractivity contribution in [1.82, 2.24) is 9.55 Å². The molecule has 0 radical (unpaired) electrons. The van der Waals surface area contributed by atoms with Crippen molar-refractivity contribution in [3.63, 3.8) is 0 Å². The van der Waals surface area contributed by atoms with Crippen LogP contribution in [0.1, 0.15) is 23.0 Å². The molecule has 0 spiro atoms. The number of hydrogen-bond donors (Lipinski definition) is 1. The second-order valence-corrected chi connectivity index (χ2v) is 4.70. The molecule has 2 rings (SSSR count). The van der Waals surface area contributed by atoms with E-state index >= 15 is 0 Å². The van der Waals surface area contributed by atoms with Crippen LogP contribution in [0.15, 0.2) is 30.6 Å². The minimum absolute atomic E-state index is 0.121. The molecule has 4 heteroatoms. The summed E-state index contributed by atoms with van der Waals surface area (Å²) in [5, 5.41) is 0.728. The van der Waals surface area contributed by atoms with Gasteiger partial charge in [-0.05, 0) is 24.1 Å². The van der Waals surface area contributed by atoms with Gasteiger partial charge in [-0.25, -0.2) is 4.98 Å². The number of benzene rings is 1. The first-order chi connectivity index (χ1) is 8.08. The molecule has 0 saturated heterocycles. The number of rotatable bonds is 3. The average Bonchev–Trinajstić information content (AvgIpc) is 2.64. The van der Waals surface area contributed by atoms with Crippen molar-refractivity contribution in [2.24, 2.45) is 12.8 Å². The van der Waals surface area contributed by atoms with Gasteiger partial charge in [-0.15, -0.1) is 0 Å². The van der Waals surface area contributed by atoms with Gasteiger partial charge in [-0.2, -0.15) is 0 Å². The number of aryl methyl sites for hydroxylation is 2. The topological polar surface area (TPSA) is 43.8 Å². The van der Waals surface area contributed by atoms with E-state index in [4.69, 9.17) is 17.3 Å². The van der Waals surface area contributed by atoms with Crippen LogP contribution in [0.25, 0.3) is 0 Å². The number of nitrogens with two attached hydrogens (primary N) is 1. The summed E-state index contributed by atoms with van der Waals surface area (Å²) < 4.78 is 1.97.